The van der Waals surface area contributed by atoms with E-state index >= 15 is 0 Å². The number of likely N-dealkylation sites (tertiary alicyclic amines) is 1. The predicted molar refractivity (Wildman–Crippen MR) is 103 cm³/mol. The zero-order valence-electron chi connectivity index (χ0n) is 15.2. The lowest BCUT2D eigenvalue weighted by atomic mass is 9.89. The minimum Gasteiger partial charge on any atom is -0.496 e. The smallest absolute Gasteiger partial charge is 0.231 e. The molecule has 0 saturated carbocycles. The third kappa shape index (κ3) is 3.75. The van der Waals surface area contributed by atoms with Gasteiger partial charge in [0.2, 0.25) is 6.79 Å². The van der Waals surface area contributed by atoms with Crippen molar-refractivity contribution >= 4 is 17.4 Å². The van der Waals surface area contributed by atoms with Crippen LogP contribution in [0.4, 0.5) is 0 Å². The van der Waals surface area contributed by atoms with Crippen LogP contribution in [0.2, 0.25) is 5.02 Å². The Bertz CT molecular complexity index is 854. The van der Waals surface area contributed by atoms with Gasteiger partial charge in [0.25, 0.3) is 0 Å². The van der Waals surface area contributed by atoms with Crippen molar-refractivity contribution in [3.8, 4) is 17.2 Å². The van der Waals surface area contributed by atoms with Gasteiger partial charge >= 0.3 is 0 Å². The van der Waals surface area contributed by atoms with Gasteiger partial charge in [0.1, 0.15) is 5.75 Å². The number of piperidine rings is 1. The van der Waals surface area contributed by atoms with Crippen LogP contribution in [-0.2, 0) is 6.54 Å². The van der Waals surface area contributed by atoms with Crippen LogP contribution in [0.1, 0.15) is 28.8 Å². The number of carbonyl (C=O) groups is 1. The standard InChI is InChI=1S/C21H22ClNO4/c1-25-18-7-3-2-6-16(18)21(24)14-5-4-8-23(11-14)12-15-9-19-20(10-17(15)22)27-13-26-19/h2-3,6-7,9-10,14H,4-5,8,11-13H2,1H3/t14-/m1/s1. The number of halogens is 1. The maximum Gasteiger partial charge on any atom is 0.231 e. The van der Waals surface area contributed by atoms with Crippen molar-refractivity contribution in [1.82, 2.24) is 4.90 Å². The molecule has 2 aromatic rings. The highest BCUT2D eigenvalue weighted by Gasteiger charge is 2.29. The van der Waals surface area contributed by atoms with Gasteiger partial charge in [-0.2, -0.15) is 0 Å². The van der Waals surface area contributed by atoms with Crippen LogP contribution < -0.4 is 14.2 Å². The van der Waals surface area contributed by atoms with E-state index in [0.717, 1.165) is 30.7 Å². The van der Waals surface area contributed by atoms with Crippen molar-refractivity contribution in [3.63, 3.8) is 0 Å². The van der Waals surface area contributed by atoms with Crippen molar-refractivity contribution < 1.29 is 19.0 Å². The molecule has 1 saturated heterocycles. The van der Waals surface area contributed by atoms with Gasteiger partial charge in [0, 0.05) is 30.1 Å². The summed E-state index contributed by atoms with van der Waals surface area (Å²) in [6.07, 6.45) is 1.87. The molecule has 4 rings (SSSR count). The van der Waals surface area contributed by atoms with Gasteiger partial charge in [-0.3, -0.25) is 9.69 Å². The normalized spacial score (nSPS) is 19.1. The van der Waals surface area contributed by atoms with E-state index in [2.05, 4.69) is 4.90 Å². The minimum atomic E-state index is -0.0390. The number of hydrogen-bond donors (Lipinski definition) is 0. The molecule has 0 aliphatic carbocycles. The SMILES string of the molecule is COc1ccccc1C(=O)[C@@H]1CCCN(Cc2cc3c(cc2Cl)OCO3)C1. The highest BCUT2D eigenvalue weighted by atomic mass is 35.5. The van der Waals surface area contributed by atoms with E-state index in [-0.39, 0.29) is 18.5 Å². The summed E-state index contributed by atoms with van der Waals surface area (Å²) in [5.41, 5.74) is 1.65. The van der Waals surface area contributed by atoms with Crippen molar-refractivity contribution in [1.29, 1.82) is 0 Å². The molecule has 0 unspecified atom stereocenters. The molecule has 142 valence electrons. The number of hydrogen-bond acceptors (Lipinski definition) is 5. The Labute approximate surface area is 163 Å². The average molecular weight is 388 g/mol. The summed E-state index contributed by atoms with van der Waals surface area (Å²) in [6, 6.07) is 11.2. The lowest BCUT2D eigenvalue weighted by Gasteiger charge is -2.32. The van der Waals surface area contributed by atoms with Crippen LogP contribution in [0, 0.1) is 5.92 Å². The molecule has 0 spiro atoms. The summed E-state index contributed by atoms with van der Waals surface area (Å²) in [6.45, 7) is 2.57. The molecule has 5 nitrogen and oxygen atoms in total. The predicted octanol–water partition coefficient (Wildman–Crippen LogP) is 4.17. The van der Waals surface area contributed by atoms with Gasteiger partial charge in [-0.1, -0.05) is 23.7 Å². The quantitative estimate of drug-likeness (QED) is 0.720. The molecule has 0 aromatic heterocycles. The number of rotatable bonds is 5. The molecule has 1 atom stereocenters. The molecule has 2 aliphatic rings. The Morgan fingerprint density at radius 2 is 2.04 bits per heavy atom. The number of ketones is 1. The molecular weight excluding hydrogens is 366 g/mol. The summed E-state index contributed by atoms with van der Waals surface area (Å²) in [5.74, 6) is 2.16. The fourth-order valence-corrected chi connectivity index (χ4v) is 4.02. The minimum absolute atomic E-state index is 0.0390. The van der Waals surface area contributed by atoms with E-state index in [0.29, 0.717) is 35.2 Å². The Morgan fingerprint density at radius 3 is 2.85 bits per heavy atom. The molecule has 2 heterocycles. The average Bonchev–Trinajstić information content (AvgIpc) is 3.15. The lowest BCUT2D eigenvalue weighted by molar-refractivity contribution is 0.0808. The van der Waals surface area contributed by atoms with Crippen LogP contribution >= 0.6 is 11.6 Å². The molecule has 2 aromatic carbocycles. The van der Waals surface area contributed by atoms with Gasteiger partial charge in [-0.25, -0.2) is 0 Å². The molecule has 27 heavy (non-hydrogen) atoms. The first kappa shape index (κ1) is 18.1. The Morgan fingerprint density at radius 1 is 1.26 bits per heavy atom. The van der Waals surface area contributed by atoms with E-state index in [4.69, 9.17) is 25.8 Å². The second-order valence-corrected chi connectivity index (χ2v) is 7.34. The van der Waals surface area contributed by atoms with Crippen molar-refractivity contribution in [2.24, 2.45) is 5.92 Å². The van der Waals surface area contributed by atoms with Crippen molar-refractivity contribution in [2.75, 3.05) is 27.0 Å². The Kier molecular flexibility index (Phi) is 5.23. The number of carbonyl (C=O) groups excluding carboxylic acids is 1. The van der Waals surface area contributed by atoms with Gasteiger partial charge in [-0.05, 0) is 43.1 Å². The first-order valence-corrected chi connectivity index (χ1v) is 9.51. The number of ether oxygens (including phenoxy) is 3. The first-order chi connectivity index (χ1) is 13.2. The number of para-hydroxylation sites is 1. The fraction of sp³-hybridized carbons (Fsp3) is 0.381. The Hall–Kier alpha value is -2.24. The largest absolute Gasteiger partial charge is 0.496 e. The maximum atomic E-state index is 13.0. The van der Waals surface area contributed by atoms with Crippen LogP contribution in [0.25, 0.3) is 0 Å². The molecule has 0 N–H and O–H groups in total. The van der Waals surface area contributed by atoms with Crippen LogP contribution in [0.3, 0.4) is 0 Å². The maximum absolute atomic E-state index is 13.0. The van der Waals surface area contributed by atoms with E-state index in [1.54, 1.807) is 13.2 Å². The second-order valence-electron chi connectivity index (χ2n) is 6.94. The zero-order valence-corrected chi connectivity index (χ0v) is 16.0. The summed E-state index contributed by atoms with van der Waals surface area (Å²) in [4.78, 5) is 15.3. The van der Waals surface area contributed by atoms with Crippen molar-refractivity contribution in [2.45, 2.75) is 19.4 Å². The van der Waals surface area contributed by atoms with Gasteiger partial charge in [0.05, 0.1) is 12.7 Å². The van der Waals surface area contributed by atoms with Gasteiger partial charge in [0.15, 0.2) is 17.3 Å². The van der Waals surface area contributed by atoms with Crippen LogP contribution in [0.15, 0.2) is 36.4 Å². The third-order valence-electron chi connectivity index (χ3n) is 5.18. The van der Waals surface area contributed by atoms with E-state index in [1.165, 1.54) is 0 Å². The number of benzene rings is 2. The van der Waals surface area contributed by atoms with Crippen LogP contribution in [0.5, 0.6) is 17.2 Å². The molecule has 0 radical (unpaired) electrons. The third-order valence-corrected chi connectivity index (χ3v) is 5.54. The topological polar surface area (TPSA) is 48.0 Å². The summed E-state index contributed by atoms with van der Waals surface area (Å²) in [5, 5.41) is 0.664. The van der Waals surface area contributed by atoms with E-state index in [1.807, 2.05) is 30.3 Å². The molecular formula is C21H22ClNO4. The monoisotopic (exact) mass is 387 g/mol. The Balaban J connectivity index is 1.48. The number of fused-ring (bicyclic) bond motifs is 1. The van der Waals surface area contributed by atoms with Gasteiger partial charge in [-0.15, -0.1) is 0 Å². The molecule has 0 amide bonds. The molecule has 0 bridgehead atoms. The fourth-order valence-electron chi connectivity index (χ4n) is 3.80. The highest BCUT2D eigenvalue weighted by Crippen LogP contribution is 2.37. The summed E-state index contributed by atoms with van der Waals surface area (Å²) < 4.78 is 16.2. The molecule has 2 aliphatic heterocycles. The van der Waals surface area contributed by atoms with E-state index < -0.39 is 0 Å². The summed E-state index contributed by atoms with van der Waals surface area (Å²) >= 11 is 6.42. The molecule has 1 fully saturated rings. The first-order valence-electron chi connectivity index (χ1n) is 9.13. The number of nitrogens with zero attached hydrogens (tertiary/aromatic N) is 1. The van der Waals surface area contributed by atoms with E-state index in [9.17, 15) is 4.79 Å². The number of methoxy groups -OCH3 is 1. The number of Topliss-reactive ketones (excluding diaryl/α,β-unsaturated/α-hetero) is 1. The van der Waals surface area contributed by atoms with Crippen LogP contribution in [-0.4, -0.2) is 37.7 Å². The highest BCUT2D eigenvalue weighted by molar-refractivity contribution is 6.31. The van der Waals surface area contributed by atoms with Gasteiger partial charge < -0.3 is 14.2 Å². The van der Waals surface area contributed by atoms with Crippen molar-refractivity contribution in [3.05, 3.63) is 52.5 Å². The summed E-state index contributed by atoms with van der Waals surface area (Å²) in [7, 11) is 1.60. The zero-order chi connectivity index (χ0) is 18.8. The molecule has 6 heteroatoms. The second kappa shape index (κ2) is 7.79. The lowest BCUT2D eigenvalue weighted by Crippen LogP contribution is -2.38.